The Morgan fingerprint density at radius 2 is 1.90 bits per heavy atom. The second-order valence-electron chi connectivity index (χ2n) is 5.90. The van der Waals surface area contributed by atoms with Crippen molar-refractivity contribution in [1.82, 2.24) is 4.72 Å². The standard InChI is InChI=1S/C16H22N2O2S/c1-12-8-9-16(13(2)10-12)21(19,20)18-15(11-17)14-6-4-3-5-7-14/h8-10,14-15,18H,3-7H2,1-2H3. The van der Waals surface area contributed by atoms with Gasteiger partial charge in [0, 0.05) is 0 Å². The summed E-state index contributed by atoms with van der Waals surface area (Å²) in [4.78, 5) is 0.268. The molecule has 0 aromatic heterocycles. The van der Waals surface area contributed by atoms with Gasteiger partial charge in [-0.25, -0.2) is 8.42 Å². The first-order chi connectivity index (χ1) is 9.94. The van der Waals surface area contributed by atoms with Gasteiger partial charge in [-0.2, -0.15) is 9.98 Å². The molecule has 1 atom stereocenters. The monoisotopic (exact) mass is 306 g/mol. The molecule has 1 unspecified atom stereocenters. The molecule has 0 amide bonds. The van der Waals surface area contributed by atoms with Gasteiger partial charge in [0.15, 0.2) is 0 Å². The van der Waals surface area contributed by atoms with Crippen LogP contribution in [0.1, 0.15) is 43.2 Å². The molecule has 114 valence electrons. The maximum Gasteiger partial charge on any atom is 0.241 e. The summed E-state index contributed by atoms with van der Waals surface area (Å²) in [6.45, 7) is 3.71. The van der Waals surface area contributed by atoms with E-state index >= 15 is 0 Å². The average Bonchev–Trinajstić information content (AvgIpc) is 2.45. The fourth-order valence-corrected chi connectivity index (χ4v) is 4.46. The van der Waals surface area contributed by atoms with E-state index in [1.807, 2.05) is 13.0 Å². The molecule has 0 aliphatic heterocycles. The summed E-state index contributed by atoms with van der Waals surface area (Å²) in [6.07, 6.45) is 5.18. The van der Waals surface area contributed by atoms with E-state index in [0.717, 1.165) is 31.2 Å². The number of hydrogen-bond acceptors (Lipinski definition) is 3. The highest BCUT2D eigenvalue weighted by Gasteiger charge is 2.28. The van der Waals surface area contributed by atoms with Crippen molar-refractivity contribution in [3.05, 3.63) is 29.3 Å². The van der Waals surface area contributed by atoms with Gasteiger partial charge in [-0.15, -0.1) is 0 Å². The van der Waals surface area contributed by atoms with Crippen molar-refractivity contribution in [2.24, 2.45) is 5.92 Å². The predicted molar refractivity (Wildman–Crippen MR) is 82.2 cm³/mol. The first kappa shape index (κ1) is 16.0. The third-order valence-electron chi connectivity index (χ3n) is 4.16. The number of hydrogen-bond donors (Lipinski definition) is 1. The van der Waals surface area contributed by atoms with Gasteiger partial charge in [-0.05, 0) is 44.2 Å². The van der Waals surface area contributed by atoms with Crippen LogP contribution in [0.15, 0.2) is 23.1 Å². The van der Waals surface area contributed by atoms with E-state index in [9.17, 15) is 13.7 Å². The van der Waals surface area contributed by atoms with Crippen LogP contribution in [0.4, 0.5) is 0 Å². The lowest BCUT2D eigenvalue weighted by atomic mass is 9.85. The largest absolute Gasteiger partial charge is 0.241 e. The molecule has 0 heterocycles. The molecule has 4 nitrogen and oxygen atoms in total. The summed E-state index contributed by atoms with van der Waals surface area (Å²) < 4.78 is 27.6. The highest BCUT2D eigenvalue weighted by molar-refractivity contribution is 7.89. The summed E-state index contributed by atoms with van der Waals surface area (Å²) in [5.74, 6) is 0.129. The molecule has 1 saturated carbocycles. The molecular formula is C16H22N2O2S. The molecule has 1 aromatic rings. The van der Waals surface area contributed by atoms with Crippen molar-refractivity contribution in [3.63, 3.8) is 0 Å². The topological polar surface area (TPSA) is 70.0 Å². The molecule has 0 saturated heterocycles. The van der Waals surface area contributed by atoms with Gasteiger partial charge in [0.25, 0.3) is 0 Å². The molecule has 0 spiro atoms. The number of nitrogens with zero attached hydrogens (tertiary/aromatic N) is 1. The molecule has 1 aliphatic rings. The van der Waals surface area contributed by atoms with E-state index in [4.69, 9.17) is 0 Å². The Balaban J connectivity index is 2.21. The van der Waals surface area contributed by atoms with Crippen LogP contribution in [0.5, 0.6) is 0 Å². The maximum atomic E-state index is 12.5. The fraction of sp³-hybridized carbons (Fsp3) is 0.562. The predicted octanol–water partition coefficient (Wildman–Crippen LogP) is 3.05. The third-order valence-corrected chi connectivity index (χ3v) is 5.76. The molecule has 2 rings (SSSR count). The maximum absolute atomic E-state index is 12.5. The van der Waals surface area contributed by atoms with Gasteiger partial charge in [0.2, 0.25) is 10.0 Å². The van der Waals surface area contributed by atoms with E-state index in [-0.39, 0.29) is 10.8 Å². The SMILES string of the molecule is Cc1ccc(S(=O)(=O)NC(C#N)C2CCCCC2)c(C)c1. The highest BCUT2D eigenvalue weighted by atomic mass is 32.2. The van der Waals surface area contributed by atoms with Crippen LogP contribution >= 0.6 is 0 Å². The van der Waals surface area contributed by atoms with Crippen LogP contribution in [0.3, 0.4) is 0 Å². The minimum absolute atomic E-state index is 0.129. The van der Waals surface area contributed by atoms with E-state index < -0.39 is 16.1 Å². The van der Waals surface area contributed by atoms with Gasteiger partial charge in [0.1, 0.15) is 6.04 Å². The summed E-state index contributed by atoms with van der Waals surface area (Å²) >= 11 is 0. The van der Waals surface area contributed by atoms with Crippen molar-refractivity contribution < 1.29 is 8.42 Å². The summed E-state index contributed by atoms with van der Waals surface area (Å²) in [5, 5.41) is 9.32. The van der Waals surface area contributed by atoms with Crippen molar-refractivity contribution in [2.75, 3.05) is 0 Å². The Labute approximate surface area is 127 Å². The van der Waals surface area contributed by atoms with E-state index in [1.165, 1.54) is 6.42 Å². The van der Waals surface area contributed by atoms with Crippen LogP contribution in [-0.4, -0.2) is 14.5 Å². The van der Waals surface area contributed by atoms with Crippen molar-refractivity contribution >= 4 is 10.0 Å². The first-order valence-electron chi connectivity index (χ1n) is 7.43. The van der Waals surface area contributed by atoms with Crippen molar-refractivity contribution in [3.8, 4) is 6.07 Å². The number of nitriles is 1. The molecular weight excluding hydrogens is 284 g/mol. The Hall–Kier alpha value is -1.38. The molecule has 1 N–H and O–H groups in total. The van der Waals surface area contributed by atoms with Crippen molar-refractivity contribution in [2.45, 2.75) is 56.9 Å². The highest BCUT2D eigenvalue weighted by Crippen LogP contribution is 2.27. The first-order valence-corrected chi connectivity index (χ1v) is 8.91. The Bertz CT molecular complexity index is 641. The second kappa shape index (κ2) is 6.59. The number of nitrogens with one attached hydrogen (secondary N) is 1. The lowest BCUT2D eigenvalue weighted by molar-refractivity contribution is 0.324. The van der Waals surface area contributed by atoms with Crippen LogP contribution < -0.4 is 4.72 Å². The molecule has 21 heavy (non-hydrogen) atoms. The molecule has 5 heteroatoms. The van der Waals surface area contributed by atoms with Gasteiger partial charge in [-0.3, -0.25) is 0 Å². The minimum atomic E-state index is -3.64. The zero-order valence-corrected chi connectivity index (χ0v) is 13.4. The minimum Gasteiger partial charge on any atom is -0.207 e. The van der Waals surface area contributed by atoms with E-state index in [0.29, 0.717) is 5.56 Å². The number of sulfonamides is 1. The number of benzene rings is 1. The van der Waals surface area contributed by atoms with Crippen LogP contribution in [0.25, 0.3) is 0 Å². The molecule has 0 bridgehead atoms. The van der Waals surface area contributed by atoms with Crippen LogP contribution in [0.2, 0.25) is 0 Å². The zero-order valence-electron chi connectivity index (χ0n) is 12.6. The second-order valence-corrected chi connectivity index (χ2v) is 7.58. The number of rotatable bonds is 4. The van der Waals surface area contributed by atoms with Gasteiger partial charge >= 0.3 is 0 Å². The molecule has 1 aliphatic carbocycles. The summed E-state index contributed by atoms with van der Waals surface area (Å²) in [5.41, 5.74) is 1.73. The van der Waals surface area contributed by atoms with Crippen LogP contribution in [-0.2, 0) is 10.0 Å². The lowest BCUT2D eigenvalue weighted by Crippen LogP contribution is -2.40. The molecule has 1 aromatic carbocycles. The smallest absolute Gasteiger partial charge is 0.207 e. The summed E-state index contributed by atoms with van der Waals surface area (Å²) in [6, 6.07) is 6.75. The Kier molecular flexibility index (Phi) is 5.02. The molecule has 0 radical (unpaired) electrons. The quantitative estimate of drug-likeness (QED) is 0.929. The average molecular weight is 306 g/mol. The van der Waals surface area contributed by atoms with Crippen LogP contribution in [0, 0.1) is 31.1 Å². The number of aryl methyl sites for hydroxylation is 2. The third kappa shape index (κ3) is 3.84. The Morgan fingerprint density at radius 1 is 1.24 bits per heavy atom. The Morgan fingerprint density at radius 3 is 2.48 bits per heavy atom. The van der Waals surface area contributed by atoms with E-state index in [2.05, 4.69) is 10.8 Å². The van der Waals surface area contributed by atoms with Gasteiger partial charge in [-0.1, -0.05) is 37.0 Å². The normalized spacial score (nSPS) is 18.1. The molecule has 1 fully saturated rings. The van der Waals surface area contributed by atoms with E-state index in [1.54, 1.807) is 19.1 Å². The fourth-order valence-electron chi connectivity index (χ4n) is 3.03. The zero-order chi connectivity index (χ0) is 15.5. The summed E-state index contributed by atoms with van der Waals surface area (Å²) in [7, 11) is -3.64. The lowest BCUT2D eigenvalue weighted by Gasteiger charge is -2.26. The van der Waals surface area contributed by atoms with Gasteiger partial charge in [0.05, 0.1) is 11.0 Å². The van der Waals surface area contributed by atoms with Gasteiger partial charge < -0.3 is 0 Å². The van der Waals surface area contributed by atoms with Crippen molar-refractivity contribution in [1.29, 1.82) is 5.26 Å².